The summed E-state index contributed by atoms with van der Waals surface area (Å²) >= 11 is 5.85. The van der Waals surface area contributed by atoms with Crippen LogP contribution in [-0.2, 0) is 27.2 Å². The van der Waals surface area contributed by atoms with E-state index in [9.17, 15) is 9.59 Å². The minimum absolute atomic E-state index is 0.0720. The number of rotatable bonds is 8. The molecule has 6 nitrogen and oxygen atoms in total. The van der Waals surface area contributed by atoms with Crippen molar-refractivity contribution in [3.8, 4) is 5.69 Å². The topological polar surface area (TPSA) is 73.2 Å². The molecule has 3 aromatic rings. The summed E-state index contributed by atoms with van der Waals surface area (Å²) in [5.41, 5.74) is 4.45. The van der Waals surface area contributed by atoms with Crippen LogP contribution >= 0.6 is 11.6 Å². The highest BCUT2D eigenvalue weighted by atomic mass is 35.5. The van der Waals surface area contributed by atoms with Crippen LogP contribution in [0.1, 0.15) is 22.5 Å². The minimum Gasteiger partial charge on any atom is -0.455 e. The number of hydrogen-bond acceptors (Lipinski definition) is 4. The molecule has 1 amide bonds. The first-order valence-electron chi connectivity index (χ1n) is 9.71. The van der Waals surface area contributed by atoms with Crippen LogP contribution in [0.15, 0.2) is 54.6 Å². The Bertz CT molecular complexity index is 1010. The first kappa shape index (κ1) is 21.6. The lowest BCUT2D eigenvalue weighted by atomic mass is 10.1. The van der Waals surface area contributed by atoms with Crippen LogP contribution in [-0.4, -0.2) is 34.8 Å². The van der Waals surface area contributed by atoms with E-state index >= 15 is 0 Å². The zero-order valence-corrected chi connectivity index (χ0v) is 17.8. The van der Waals surface area contributed by atoms with Crippen molar-refractivity contribution in [1.82, 2.24) is 15.1 Å². The number of para-hydroxylation sites is 1. The van der Waals surface area contributed by atoms with Gasteiger partial charge in [-0.25, -0.2) is 4.68 Å². The van der Waals surface area contributed by atoms with E-state index in [2.05, 4.69) is 10.4 Å². The molecule has 2 aromatic carbocycles. The van der Waals surface area contributed by atoms with Gasteiger partial charge in [-0.3, -0.25) is 9.59 Å². The summed E-state index contributed by atoms with van der Waals surface area (Å²) in [6.07, 6.45) is 0.746. The van der Waals surface area contributed by atoms with Crippen molar-refractivity contribution in [2.45, 2.75) is 26.7 Å². The number of ether oxygens (including phenoxy) is 1. The van der Waals surface area contributed by atoms with E-state index in [1.165, 1.54) is 0 Å². The van der Waals surface area contributed by atoms with Crippen molar-refractivity contribution < 1.29 is 14.3 Å². The van der Waals surface area contributed by atoms with Crippen LogP contribution in [0.2, 0.25) is 5.02 Å². The molecule has 0 aliphatic rings. The molecule has 0 unspecified atom stereocenters. The average Bonchev–Trinajstić information content (AvgIpc) is 3.02. The molecule has 3 rings (SSSR count). The third kappa shape index (κ3) is 5.70. The highest BCUT2D eigenvalue weighted by Crippen LogP contribution is 2.18. The van der Waals surface area contributed by atoms with Crippen LogP contribution in [0.3, 0.4) is 0 Å². The summed E-state index contributed by atoms with van der Waals surface area (Å²) in [5.74, 6) is -0.785. The molecule has 0 spiro atoms. The van der Waals surface area contributed by atoms with Gasteiger partial charge >= 0.3 is 5.97 Å². The summed E-state index contributed by atoms with van der Waals surface area (Å²) in [6.45, 7) is 3.93. The molecule has 0 saturated carbocycles. The molecule has 30 heavy (non-hydrogen) atoms. The van der Waals surface area contributed by atoms with E-state index in [4.69, 9.17) is 16.3 Å². The van der Waals surface area contributed by atoms with Crippen LogP contribution in [0.5, 0.6) is 0 Å². The molecule has 0 bridgehead atoms. The van der Waals surface area contributed by atoms with Crippen molar-refractivity contribution in [1.29, 1.82) is 0 Å². The molecule has 0 aliphatic carbocycles. The van der Waals surface area contributed by atoms with Gasteiger partial charge in [0, 0.05) is 22.8 Å². The Balaban J connectivity index is 1.47. The fourth-order valence-corrected chi connectivity index (χ4v) is 3.27. The monoisotopic (exact) mass is 425 g/mol. The normalized spacial score (nSPS) is 10.6. The fourth-order valence-electron chi connectivity index (χ4n) is 3.14. The molecule has 0 saturated heterocycles. The lowest BCUT2D eigenvalue weighted by molar-refractivity contribution is -0.147. The predicted molar refractivity (Wildman–Crippen MR) is 116 cm³/mol. The molecule has 0 aliphatic heterocycles. The molecule has 0 radical (unpaired) electrons. The third-order valence-corrected chi connectivity index (χ3v) is 5.03. The van der Waals surface area contributed by atoms with Crippen molar-refractivity contribution in [3.05, 3.63) is 82.1 Å². The van der Waals surface area contributed by atoms with Crippen molar-refractivity contribution in [2.75, 3.05) is 13.2 Å². The quantitative estimate of drug-likeness (QED) is 0.560. The van der Waals surface area contributed by atoms with E-state index in [1.54, 1.807) is 4.68 Å². The van der Waals surface area contributed by atoms with Gasteiger partial charge in [-0.1, -0.05) is 41.9 Å². The molecule has 1 N–H and O–H groups in total. The van der Waals surface area contributed by atoms with Crippen LogP contribution < -0.4 is 5.32 Å². The first-order chi connectivity index (χ1) is 14.4. The molecular weight excluding hydrogens is 402 g/mol. The number of aryl methyl sites for hydroxylation is 1. The predicted octanol–water partition coefficient (Wildman–Crippen LogP) is 3.59. The maximum absolute atomic E-state index is 12.2. The zero-order valence-electron chi connectivity index (χ0n) is 17.0. The number of nitrogens with zero attached hydrogens (tertiary/aromatic N) is 2. The lowest BCUT2D eigenvalue weighted by Crippen LogP contribution is -2.30. The number of carbonyl (C=O) groups is 2. The number of halogens is 1. The summed E-state index contributed by atoms with van der Waals surface area (Å²) in [7, 11) is 0. The van der Waals surface area contributed by atoms with E-state index < -0.39 is 5.97 Å². The summed E-state index contributed by atoms with van der Waals surface area (Å²) in [5, 5.41) is 7.95. The third-order valence-electron chi connectivity index (χ3n) is 4.78. The molecule has 1 heterocycles. The first-order valence-corrected chi connectivity index (χ1v) is 10.1. The lowest BCUT2D eigenvalue weighted by Gasteiger charge is -2.08. The Labute approximate surface area is 180 Å². The molecule has 0 atom stereocenters. The van der Waals surface area contributed by atoms with Gasteiger partial charge < -0.3 is 10.1 Å². The number of carbonyl (C=O) groups excluding carboxylic acids is 2. The summed E-state index contributed by atoms with van der Waals surface area (Å²) in [6, 6.07) is 17.2. The van der Waals surface area contributed by atoms with Gasteiger partial charge in [0.15, 0.2) is 6.61 Å². The second-order valence-electron chi connectivity index (χ2n) is 6.96. The number of esters is 1. The summed E-state index contributed by atoms with van der Waals surface area (Å²) < 4.78 is 6.95. The summed E-state index contributed by atoms with van der Waals surface area (Å²) in [4.78, 5) is 24.2. The van der Waals surface area contributed by atoms with Gasteiger partial charge in [-0.15, -0.1) is 0 Å². The minimum atomic E-state index is -0.457. The Morgan fingerprint density at radius 2 is 1.77 bits per heavy atom. The van der Waals surface area contributed by atoms with Gasteiger partial charge in [-0.2, -0.15) is 5.10 Å². The Hall–Kier alpha value is -3.12. The largest absolute Gasteiger partial charge is 0.455 e. The van der Waals surface area contributed by atoms with Crippen molar-refractivity contribution in [3.63, 3.8) is 0 Å². The number of amides is 1. The molecule has 7 heteroatoms. The number of aromatic nitrogens is 2. The van der Waals surface area contributed by atoms with Crippen LogP contribution in [0, 0.1) is 13.8 Å². The van der Waals surface area contributed by atoms with Gasteiger partial charge in [0.2, 0.25) is 0 Å². The molecule has 1 aromatic heterocycles. The fraction of sp³-hybridized carbons (Fsp3) is 0.261. The highest BCUT2D eigenvalue weighted by molar-refractivity contribution is 6.30. The van der Waals surface area contributed by atoms with E-state index in [0.29, 0.717) is 18.0 Å². The Morgan fingerprint density at radius 3 is 2.47 bits per heavy atom. The molecule has 0 fully saturated rings. The number of benzene rings is 2. The van der Waals surface area contributed by atoms with Gasteiger partial charge in [0.25, 0.3) is 5.91 Å². The molecular formula is C23H24ClN3O3. The van der Waals surface area contributed by atoms with E-state index in [1.807, 2.05) is 68.4 Å². The van der Waals surface area contributed by atoms with Crippen molar-refractivity contribution in [2.24, 2.45) is 0 Å². The van der Waals surface area contributed by atoms with E-state index in [0.717, 1.165) is 28.2 Å². The van der Waals surface area contributed by atoms with Gasteiger partial charge in [-0.05, 0) is 50.1 Å². The van der Waals surface area contributed by atoms with E-state index in [-0.39, 0.29) is 18.9 Å². The number of hydrogen-bond donors (Lipinski definition) is 1. The van der Waals surface area contributed by atoms with Gasteiger partial charge in [0.05, 0.1) is 17.8 Å². The SMILES string of the molecule is Cc1nn(-c2ccccc2)c(C)c1CC(=O)OCC(=O)NCCc1ccc(Cl)cc1. The number of nitrogens with one attached hydrogen (secondary N) is 1. The second-order valence-corrected chi connectivity index (χ2v) is 7.40. The van der Waals surface area contributed by atoms with Crippen LogP contribution in [0.25, 0.3) is 5.69 Å². The molecule has 156 valence electrons. The van der Waals surface area contributed by atoms with Crippen LogP contribution in [0.4, 0.5) is 0 Å². The zero-order chi connectivity index (χ0) is 21.5. The second kappa shape index (κ2) is 10.1. The maximum atomic E-state index is 12.2. The van der Waals surface area contributed by atoms with Crippen molar-refractivity contribution >= 4 is 23.5 Å². The smallest absolute Gasteiger partial charge is 0.310 e. The Morgan fingerprint density at radius 1 is 1.07 bits per heavy atom. The maximum Gasteiger partial charge on any atom is 0.310 e. The van der Waals surface area contributed by atoms with Gasteiger partial charge in [0.1, 0.15) is 0 Å². The Kier molecular flexibility index (Phi) is 7.25. The highest BCUT2D eigenvalue weighted by Gasteiger charge is 2.17. The standard InChI is InChI=1S/C23H24ClN3O3/c1-16-21(17(2)27(26-16)20-6-4-3-5-7-20)14-23(29)30-15-22(28)25-13-12-18-8-10-19(24)11-9-18/h3-11H,12-15H2,1-2H3,(H,25,28). The average molecular weight is 426 g/mol.